The number of nitrogens with two attached hydrogens (primary N) is 1. The Balaban J connectivity index is 3.27. The third-order valence-corrected chi connectivity index (χ3v) is 1.82. The Morgan fingerprint density at radius 3 is 2.75 bits per heavy atom. The monoisotopic (exact) mass is 227 g/mol. The van der Waals surface area contributed by atoms with Crippen molar-refractivity contribution >= 4 is 11.7 Å². The molecule has 0 saturated heterocycles. The van der Waals surface area contributed by atoms with Gasteiger partial charge in [0.05, 0.1) is 23.4 Å². The van der Waals surface area contributed by atoms with E-state index in [2.05, 4.69) is 4.98 Å². The summed E-state index contributed by atoms with van der Waals surface area (Å²) in [4.78, 5) is 13.9. The zero-order chi connectivity index (χ0) is 12.3. The number of nitriles is 1. The molecule has 5 nitrogen and oxygen atoms in total. The molecule has 0 radical (unpaired) electrons. The lowest BCUT2D eigenvalue weighted by Gasteiger charge is -2.07. The van der Waals surface area contributed by atoms with Gasteiger partial charge in [0.2, 0.25) is 0 Å². The van der Waals surface area contributed by atoms with Crippen LogP contribution >= 0.6 is 0 Å². The van der Waals surface area contributed by atoms with Crippen LogP contribution in [0.25, 0.3) is 0 Å². The Bertz CT molecular complexity index is 469. The first-order chi connectivity index (χ1) is 7.45. The third-order valence-electron chi connectivity index (χ3n) is 1.82. The molecular weight excluding hydrogens is 220 g/mol. The highest BCUT2D eigenvalue weighted by Crippen LogP contribution is 2.25. The molecule has 0 aliphatic carbocycles. The van der Waals surface area contributed by atoms with Gasteiger partial charge in [-0.2, -0.15) is 5.26 Å². The number of aliphatic carboxylic acids is 1. The Morgan fingerprint density at radius 1 is 1.69 bits per heavy atom. The minimum Gasteiger partial charge on any atom is -0.481 e. The standard InChI is InChI=1S/C9H7F2N3O2/c10-9(11)4-1-5(13)6(2-8(15)16)14-7(4)3-12/h1,9H,2,13H2,(H,15,16). The summed E-state index contributed by atoms with van der Waals surface area (Å²) in [6.45, 7) is 0. The van der Waals surface area contributed by atoms with E-state index < -0.39 is 30.1 Å². The number of nitrogens with zero attached hydrogens (tertiary/aromatic N) is 2. The van der Waals surface area contributed by atoms with E-state index in [0.717, 1.165) is 6.07 Å². The Kier molecular flexibility index (Phi) is 3.35. The van der Waals surface area contributed by atoms with Gasteiger partial charge < -0.3 is 10.8 Å². The summed E-state index contributed by atoms with van der Waals surface area (Å²) in [6, 6.07) is 2.36. The first-order valence-corrected chi connectivity index (χ1v) is 4.15. The minimum atomic E-state index is -2.87. The molecule has 16 heavy (non-hydrogen) atoms. The summed E-state index contributed by atoms with van der Waals surface area (Å²) in [5.74, 6) is -1.20. The minimum absolute atomic E-state index is 0.0894. The second-order valence-corrected chi connectivity index (χ2v) is 2.95. The fourth-order valence-corrected chi connectivity index (χ4v) is 1.12. The summed E-state index contributed by atoms with van der Waals surface area (Å²) in [7, 11) is 0. The molecule has 7 heteroatoms. The molecule has 0 spiro atoms. The topological polar surface area (TPSA) is 100 Å². The van der Waals surface area contributed by atoms with Crippen LogP contribution in [-0.4, -0.2) is 16.1 Å². The van der Waals surface area contributed by atoms with E-state index in [0.29, 0.717) is 0 Å². The maximum Gasteiger partial charge on any atom is 0.309 e. The highest BCUT2D eigenvalue weighted by Gasteiger charge is 2.18. The molecule has 1 heterocycles. The molecule has 1 aromatic heterocycles. The number of carboxylic acid groups (broad SMARTS) is 1. The maximum absolute atomic E-state index is 12.4. The molecule has 0 amide bonds. The SMILES string of the molecule is N#Cc1nc(CC(=O)O)c(N)cc1C(F)F. The van der Waals surface area contributed by atoms with Gasteiger partial charge in [0.25, 0.3) is 6.43 Å². The fraction of sp³-hybridized carbons (Fsp3) is 0.222. The van der Waals surface area contributed by atoms with Gasteiger partial charge in [-0.3, -0.25) is 4.79 Å². The van der Waals surface area contributed by atoms with Crippen molar-refractivity contribution < 1.29 is 18.7 Å². The van der Waals surface area contributed by atoms with Crippen LogP contribution in [-0.2, 0) is 11.2 Å². The molecule has 84 valence electrons. The number of rotatable bonds is 3. The molecule has 0 bridgehead atoms. The van der Waals surface area contributed by atoms with Crippen LogP contribution < -0.4 is 5.73 Å². The predicted molar refractivity (Wildman–Crippen MR) is 49.7 cm³/mol. The van der Waals surface area contributed by atoms with Crippen molar-refractivity contribution in [2.24, 2.45) is 0 Å². The normalized spacial score (nSPS) is 10.1. The molecular formula is C9H7F2N3O2. The van der Waals surface area contributed by atoms with E-state index in [-0.39, 0.29) is 11.4 Å². The zero-order valence-corrected chi connectivity index (χ0v) is 7.94. The van der Waals surface area contributed by atoms with Crippen molar-refractivity contribution in [2.45, 2.75) is 12.8 Å². The number of carbonyl (C=O) groups is 1. The zero-order valence-electron chi connectivity index (χ0n) is 7.94. The van der Waals surface area contributed by atoms with E-state index >= 15 is 0 Å². The number of anilines is 1. The van der Waals surface area contributed by atoms with E-state index in [4.69, 9.17) is 16.1 Å². The van der Waals surface area contributed by atoms with Gasteiger partial charge in [-0.1, -0.05) is 0 Å². The quantitative estimate of drug-likeness (QED) is 0.805. The molecule has 0 aliphatic heterocycles. The average molecular weight is 227 g/mol. The summed E-state index contributed by atoms with van der Waals surface area (Å²) in [5.41, 5.74) is 4.03. The molecule has 0 aromatic carbocycles. The Labute approximate surface area is 89.1 Å². The van der Waals surface area contributed by atoms with Gasteiger partial charge in [-0.05, 0) is 6.07 Å². The van der Waals surface area contributed by atoms with Crippen molar-refractivity contribution in [3.05, 3.63) is 23.0 Å². The second-order valence-electron chi connectivity index (χ2n) is 2.95. The summed E-state index contributed by atoms with van der Waals surface area (Å²) < 4.78 is 24.9. The highest BCUT2D eigenvalue weighted by molar-refractivity contribution is 5.72. The van der Waals surface area contributed by atoms with Gasteiger partial charge in [0.15, 0.2) is 0 Å². The van der Waals surface area contributed by atoms with Crippen molar-refractivity contribution in [1.82, 2.24) is 4.98 Å². The van der Waals surface area contributed by atoms with Gasteiger partial charge in [0.1, 0.15) is 11.8 Å². The Morgan fingerprint density at radius 2 is 2.31 bits per heavy atom. The number of nitrogen functional groups attached to an aromatic ring is 1. The van der Waals surface area contributed by atoms with Crippen LogP contribution in [0.5, 0.6) is 0 Å². The van der Waals surface area contributed by atoms with Crippen molar-refractivity contribution in [2.75, 3.05) is 5.73 Å². The van der Waals surface area contributed by atoms with E-state index in [1.165, 1.54) is 6.07 Å². The van der Waals surface area contributed by atoms with Gasteiger partial charge >= 0.3 is 5.97 Å². The smallest absolute Gasteiger partial charge is 0.309 e. The van der Waals surface area contributed by atoms with Crippen LogP contribution in [0, 0.1) is 11.3 Å². The number of halogens is 2. The van der Waals surface area contributed by atoms with Crippen LogP contribution in [0.4, 0.5) is 14.5 Å². The largest absolute Gasteiger partial charge is 0.481 e. The lowest BCUT2D eigenvalue weighted by atomic mass is 10.1. The fourth-order valence-electron chi connectivity index (χ4n) is 1.12. The number of alkyl halides is 2. The third kappa shape index (κ3) is 2.42. The van der Waals surface area contributed by atoms with Crippen LogP contribution in [0.3, 0.4) is 0 Å². The highest BCUT2D eigenvalue weighted by atomic mass is 19.3. The molecule has 0 fully saturated rings. The van der Waals surface area contributed by atoms with Crippen molar-refractivity contribution in [3.8, 4) is 6.07 Å². The van der Waals surface area contributed by atoms with E-state index in [1.54, 1.807) is 0 Å². The molecule has 0 atom stereocenters. The van der Waals surface area contributed by atoms with E-state index in [1.807, 2.05) is 0 Å². The molecule has 0 unspecified atom stereocenters. The maximum atomic E-state index is 12.4. The number of aromatic nitrogens is 1. The average Bonchev–Trinajstić information content (AvgIpc) is 2.19. The summed E-state index contributed by atoms with van der Waals surface area (Å²) in [6.07, 6.45) is -3.38. The summed E-state index contributed by atoms with van der Waals surface area (Å²) >= 11 is 0. The van der Waals surface area contributed by atoms with Crippen LogP contribution in [0.15, 0.2) is 6.07 Å². The predicted octanol–water partition coefficient (Wildman–Crippen LogP) is 1.10. The summed E-state index contributed by atoms with van der Waals surface area (Å²) in [5, 5.41) is 17.1. The molecule has 0 aliphatic rings. The Hall–Kier alpha value is -2.23. The number of hydrogen-bond donors (Lipinski definition) is 2. The number of pyridine rings is 1. The lowest BCUT2D eigenvalue weighted by molar-refractivity contribution is -0.136. The molecule has 1 rings (SSSR count). The lowest BCUT2D eigenvalue weighted by Crippen LogP contribution is -2.09. The van der Waals surface area contributed by atoms with Gasteiger partial charge in [-0.25, -0.2) is 13.8 Å². The van der Waals surface area contributed by atoms with Crippen molar-refractivity contribution in [1.29, 1.82) is 5.26 Å². The van der Waals surface area contributed by atoms with Gasteiger partial charge in [0, 0.05) is 0 Å². The van der Waals surface area contributed by atoms with Crippen LogP contribution in [0.1, 0.15) is 23.4 Å². The molecule has 0 saturated carbocycles. The van der Waals surface area contributed by atoms with Crippen molar-refractivity contribution in [3.63, 3.8) is 0 Å². The second kappa shape index (κ2) is 4.53. The first-order valence-electron chi connectivity index (χ1n) is 4.15. The molecule has 3 N–H and O–H groups in total. The van der Waals surface area contributed by atoms with Gasteiger partial charge in [-0.15, -0.1) is 0 Å². The number of hydrogen-bond acceptors (Lipinski definition) is 4. The number of carboxylic acids is 1. The van der Waals surface area contributed by atoms with Crippen LogP contribution in [0.2, 0.25) is 0 Å². The first kappa shape index (κ1) is 11.8. The molecule has 1 aromatic rings. The van der Waals surface area contributed by atoms with E-state index in [9.17, 15) is 13.6 Å².